The molecule has 0 saturated carbocycles. The Balaban J connectivity index is 1.52. The number of hydrogen-bond acceptors (Lipinski definition) is 6. The monoisotopic (exact) mass is 425 g/mol. The van der Waals surface area contributed by atoms with Gasteiger partial charge in [0.25, 0.3) is 5.69 Å². The number of aryl methyl sites for hydroxylation is 2. The van der Waals surface area contributed by atoms with Crippen LogP contribution in [-0.4, -0.2) is 28.0 Å². The van der Waals surface area contributed by atoms with Crippen molar-refractivity contribution in [3.8, 4) is 11.6 Å². The van der Waals surface area contributed by atoms with Crippen molar-refractivity contribution >= 4 is 27.2 Å². The molecule has 0 unspecified atom stereocenters. The van der Waals surface area contributed by atoms with E-state index < -0.39 is 4.92 Å². The van der Waals surface area contributed by atoms with Crippen LogP contribution in [0.3, 0.4) is 0 Å². The number of fused-ring (bicyclic) bond motifs is 3. The van der Waals surface area contributed by atoms with Gasteiger partial charge in [0, 0.05) is 17.0 Å². The number of piperidine rings is 1. The van der Waals surface area contributed by atoms with E-state index in [0.717, 1.165) is 35.4 Å². The highest BCUT2D eigenvalue weighted by Gasteiger charge is 2.24. The minimum Gasteiger partial charge on any atom is -0.438 e. The summed E-state index contributed by atoms with van der Waals surface area (Å²) in [7, 11) is 0. The van der Waals surface area contributed by atoms with Gasteiger partial charge in [-0.3, -0.25) is 10.1 Å². The Morgan fingerprint density at radius 1 is 1.03 bits per heavy atom. The summed E-state index contributed by atoms with van der Waals surface area (Å²) < 4.78 is 6.20. The zero-order valence-corrected chi connectivity index (χ0v) is 17.7. The lowest BCUT2D eigenvalue weighted by Gasteiger charge is -2.22. The van der Waals surface area contributed by atoms with Crippen molar-refractivity contribution in [1.82, 2.24) is 9.97 Å². The highest BCUT2D eigenvalue weighted by molar-refractivity contribution is 7.18. The van der Waals surface area contributed by atoms with Gasteiger partial charge in [-0.15, -0.1) is 11.3 Å². The van der Waals surface area contributed by atoms with Gasteiger partial charge in [0.1, 0.15) is 17.1 Å². The van der Waals surface area contributed by atoms with Crippen molar-refractivity contribution in [3.63, 3.8) is 0 Å². The Bertz CT molecular complexity index is 1070. The molecule has 8 heteroatoms. The second-order valence-electron chi connectivity index (χ2n) is 8.18. The molecule has 1 aliphatic heterocycles. The Hall–Kier alpha value is -2.58. The van der Waals surface area contributed by atoms with Crippen molar-refractivity contribution in [3.05, 3.63) is 50.6 Å². The Morgan fingerprint density at radius 2 is 1.80 bits per heavy atom. The number of nitrogens with zero attached hydrogens (tertiary/aromatic N) is 3. The van der Waals surface area contributed by atoms with Gasteiger partial charge in [-0.25, -0.2) is 4.98 Å². The molecule has 0 radical (unpaired) electrons. The maximum absolute atomic E-state index is 10.9. The number of nitrogens with one attached hydrogen (secondary N) is 1. The quantitative estimate of drug-likeness (QED) is 0.496. The van der Waals surface area contributed by atoms with Crippen molar-refractivity contribution in [1.29, 1.82) is 0 Å². The standard InChI is InChI=1S/C22H24N4O3S/c27-26(28)15-8-10-16(11-9-15)29-21-20-17-6-2-3-7-18(17)30-22(20)24-19(23-21)14-25-12-4-1-5-13-25/h8-11H,1-7,12-14H2/p+1. The van der Waals surface area contributed by atoms with Gasteiger partial charge in [0.15, 0.2) is 5.82 Å². The van der Waals surface area contributed by atoms with Gasteiger partial charge in [-0.05, 0) is 62.6 Å². The number of thiophene rings is 1. The van der Waals surface area contributed by atoms with Gasteiger partial charge in [0.2, 0.25) is 5.88 Å². The fraction of sp³-hybridized carbons (Fsp3) is 0.455. The highest BCUT2D eigenvalue weighted by atomic mass is 32.1. The number of non-ortho nitro benzene ring substituents is 1. The molecule has 7 nitrogen and oxygen atoms in total. The third kappa shape index (κ3) is 3.89. The molecular weight excluding hydrogens is 400 g/mol. The van der Waals surface area contributed by atoms with Gasteiger partial charge in [-0.2, -0.15) is 4.98 Å². The summed E-state index contributed by atoms with van der Waals surface area (Å²) in [6.07, 6.45) is 8.36. The smallest absolute Gasteiger partial charge is 0.269 e. The molecule has 1 N–H and O–H groups in total. The van der Waals surface area contributed by atoms with Gasteiger partial charge >= 0.3 is 0 Å². The van der Waals surface area contributed by atoms with Crippen LogP contribution in [0.2, 0.25) is 0 Å². The largest absolute Gasteiger partial charge is 0.438 e. The van der Waals surface area contributed by atoms with Crippen molar-refractivity contribution in [2.75, 3.05) is 13.1 Å². The predicted octanol–water partition coefficient (Wildman–Crippen LogP) is 3.84. The minimum absolute atomic E-state index is 0.0532. The summed E-state index contributed by atoms with van der Waals surface area (Å²) in [6.45, 7) is 3.15. The molecule has 2 aromatic heterocycles. The van der Waals surface area contributed by atoms with E-state index in [1.165, 1.54) is 72.7 Å². The maximum Gasteiger partial charge on any atom is 0.269 e. The summed E-state index contributed by atoms with van der Waals surface area (Å²) in [6, 6.07) is 6.21. The normalized spacial score (nSPS) is 17.1. The summed E-state index contributed by atoms with van der Waals surface area (Å²) in [4.78, 5) is 24.3. The molecule has 0 spiro atoms. The Kier molecular flexibility index (Phi) is 5.35. The minimum atomic E-state index is -0.401. The van der Waals surface area contributed by atoms with Crippen LogP contribution in [-0.2, 0) is 19.4 Å². The van der Waals surface area contributed by atoms with Gasteiger partial charge in [-0.1, -0.05) is 0 Å². The van der Waals surface area contributed by atoms with Gasteiger partial charge < -0.3 is 9.64 Å². The number of nitro benzene ring substituents is 1. The van der Waals surface area contributed by atoms with Crippen LogP contribution < -0.4 is 9.64 Å². The van der Waals surface area contributed by atoms with E-state index in [-0.39, 0.29) is 5.69 Å². The summed E-state index contributed by atoms with van der Waals surface area (Å²) in [5, 5.41) is 12.0. The van der Waals surface area contributed by atoms with Crippen LogP contribution in [0.25, 0.3) is 10.2 Å². The molecular formula is C22H25N4O3S+. The summed E-state index contributed by atoms with van der Waals surface area (Å²) in [5.41, 5.74) is 1.38. The third-order valence-corrected chi connectivity index (χ3v) is 7.24. The van der Waals surface area contributed by atoms with Crippen LogP contribution in [0.4, 0.5) is 5.69 Å². The second-order valence-corrected chi connectivity index (χ2v) is 9.26. The molecule has 1 saturated heterocycles. The first-order chi connectivity index (χ1) is 14.7. The van der Waals surface area contributed by atoms with Crippen molar-refractivity contribution < 1.29 is 14.6 Å². The molecule has 3 aromatic rings. The number of benzene rings is 1. The summed E-state index contributed by atoms with van der Waals surface area (Å²) >= 11 is 1.78. The number of hydrogen-bond donors (Lipinski definition) is 1. The first kappa shape index (κ1) is 19.4. The number of likely N-dealkylation sites (tertiary alicyclic amines) is 1. The van der Waals surface area contributed by atoms with Crippen molar-refractivity contribution in [2.24, 2.45) is 0 Å². The molecule has 0 amide bonds. The molecule has 1 fully saturated rings. The average Bonchev–Trinajstić information content (AvgIpc) is 3.13. The second kappa shape index (κ2) is 8.28. The van der Waals surface area contributed by atoms with Crippen LogP contribution in [0.15, 0.2) is 24.3 Å². The zero-order valence-electron chi connectivity index (χ0n) is 16.9. The van der Waals surface area contributed by atoms with Gasteiger partial charge in [0.05, 0.1) is 23.4 Å². The molecule has 1 aliphatic carbocycles. The highest BCUT2D eigenvalue weighted by Crippen LogP contribution is 2.40. The SMILES string of the molecule is O=[N+]([O-])c1ccc(Oc2nc(C[NH+]3CCCCC3)nc3sc4c(c23)CCCC4)cc1. The molecule has 2 aliphatic rings. The van der Waals surface area contributed by atoms with Crippen molar-refractivity contribution in [2.45, 2.75) is 51.5 Å². The maximum atomic E-state index is 10.9. The fourth-order valence-electron chi connectivity index (χ4n) is 4.52. The Morgan fingerprint density at radius 3 is 2.57 bits per heavy atom. The lowest BCUT2D eigenvalue weighted by Crippen LogP contribution is -3.11. The summed E-state index contributed by atoms with van der Waals surface area (Å²) in [5.74, 6) is 1.99. The molecule has 1 aromatic carbocycles. The average molecular weight is 426 g/mol. The van der Waals surface area contributed by atoms with E-state index in [4.69, 9.17) is 14.7 Å². The number of rotatable bonds is 5. The molecule has 0 bridgehead atoms. The van der Waals surface area contributed by atoms with E-state index >= 15 is 0 Å². The van der Waals surface area contributed by atoms with Crippen LogP contribution in [0, 0.1) is 10.1 Å². The van der Waals surface area contributed by atoms with E-state index in [1.54, 1.807) is 23.5 Å². The number of aromatic nitrogens is 2. The zero-order chi connectivity index (χ0) is 20.5. The van der Waals surface area contributed by atoms with E-state index in [9.17, 15) is 10.1 Å². The third-order valence-electron chi connectivity index (χ3n) is 6.06. The number of nitro groups is 1. The van der Waals surface area contributed by atoms with Crippen LogP contribution in [0.5, 0.6) is 11.6 Å². The van der Waals surface area contributed by atoms with E-state index in [1.807, 2.05) is 0 Å². The molecule has 30 heavy (non-hydrogen) atoms. The number of quaternary nitrogens is 1. The lowest BCUT2D eigenvalue weighted by atomic mass is 9.97. The predicted molar refractivity (Wildman–Crippen MR) is 115 cm³/mol. The van der Waals surface area contributed by atoms with Crippen LogP contribution in [0.1, 0.15) is 48.4 Å². The lowest BCUT2D eigenvalue weighted by molar-refractivity contribution is -0.919. The molecule has 3 heterocycles. The molecule has 0 atom stereocenters. The first-order valence-electron chi connectivity index (χ1n) is 10.7. The van der Waals surface area contributed by atoms with Crippen LogP contribution >= 0.6 is 11.3 Å². The van der Waals surface area contributed by atoms with E-state index in [0.29, 0.717) is 11.6 Å². The Labute approximate surface area is 178 Å². The fourth-order valence-corrected chi connectivity index (χ4v) is 5.79. The number of ether oxygens (including phenoxy) is 1. The first-order valence-corrected chi connectivity index (χ1v) is 11.6. The molecule has 156 valence electrons. The molecule has 5 rings (SSSR count). The topological polar surface area (TPSA) is 82.6 Å². The van der Waals surface area contributed by atoms with E-state index in [2.05, 4.69) is 0 Å².